The smallest absolute Gasteiger partial charge is 0.146 e. The SMILES string of the molecule is CCCc1cnc(C)nc1N1CCN(c2ccccc2F)CC1. The van der Waals surface area contributed by atoms with E-state index in [1.807, 2.05) is 25.3 Å². The van der Waals surface area contributed by atoms with E-state index < -0.39 is 0 Å². The van der Waals surface area contributed by atoms with Crippen molar-refractivity contribution in [1.82, 2.24) is 9.97 Å². The van der Waals surface area contributed by atoms with Crippen molar-refractivity contribution in [2.75, 3.05) is 36.0 Å². The van der Waals surface area contributed by atoms with Gasteiger partial charge in [0.25, 0.3) is 0 Å². The van der Waals surface area contributed by atoms with Crippen molar-refractivity contribution in [3.63, 3.8) is 0 Å². The molecule has 23 heavy (non-hydrogen) atoms. The minimum absolute atomic E-state index is 0.148. The first-order valence-corrected chi connectivity index (χ1v) is 8.26. The molecule has 1 aromatic heterocycles. The van der Waals surface area contributed by atoms with Crippen LogP contribution in [0.2, 0.25) is 0 Å². The quantitative estimate of drug-likeness (QED) is 0.867. The highest BCUT2D eigenvalue weighted by atomic mass is 19.1. The van der Waals surface area contributed by atoms with Gasteiger partial charge in [0.15, 0.2) is 0 Å². The van der Waals surface area contributed by atoms with Crippen LogP contribution >= 0.6 is 0 Å². The molecule has 0 atom stereocenters. The minimum atomic E-state index is -0.148. The predicted molar refractivity (Wildman–Crippen MR) is 91.6 cm³/mol. The summed E-state index contributed by atoms with van der Waals surface area (Å²) in [5, 5.41) is 0. The van der Waals surface area contributed by atoms with Gasteiger partial charge in [-0.1, -0.05) is 25.5 Å². The highest BCUT2D eigenvalue weighted by Gasteiger charge is 2.22. The Labute approximate surface area is 137 Å². The van der Waals surface area contributed by atoms with Crippen LogP contribution in [0, 0.1) is 12.7 Å². The van der Waals surface area contributed by atoms with Gasteiger partial charge in [0, 0.05) is 37.9 Å². The summed E-state index contributed by atoms with van der Waals surface area (Å²) >= 11 is 0. The monoisotopic (exact) mass is 314 g/mol. The maximum Gasteiger partial charge on any atom is 0.146 e. The van der Waals surface area contributed by atoms with Crippen molar-refractivity contribution < 1.29 is 4.39 Å². The number of aryl methyl sites for hydroxylation is 2. The molecule has 0 unspecified atom stereocenters. The van der Waals surface area contributed by atoms with E-state index >= 15 is 0 Å². The third-order valence-corrected chi connectivity index (χ3v) is 4.25. The summed E-state index contributed by atoms with van der Waals surface area (Å²) in [5.74, 6) is 1.70. The largest absolute Gasteiger partial charge is 0.366 e. The molecule has 1 saturated heterocycles. The number of anilines is 2. The number of piperazine rings is 1. The maximum absolute atomic E-state index is 13.9. The lowest BCUT2D eigenvalue weighted by Gasteiger charge is -2.37. The summed E-state index contributed by atoms with van der Waals surface area (Å²) in [6, 6.07) is 6.99. The minimum Gasteiger partial charge on any atom is -0.366 e. The highest BCUT2D eigenvalue weighted by molar-refractivity contribution is 5.52. The van der Waals surface area contributed by atoms with Crippen molar-refractivity contribution in [3.8, 4) is 0 Å². The van der Waals surface area contributed by atoms with E-state index in [0.29, 0.717) is 5.69 Å². The molecular formula is C18H23FN4. The van der Waals surface area contributed by atoms with Gasteiger partial charge >= 0.3 is 0 Å². The van der Waals surface area contributed by atoms with Gasteiger partial charge in [-0.15, -0.1) is 0 Å². The fourth-order valence-electron chi connectivity index (χ4n) is 3.07. The summed E-state index contributed by atoms with van der Waals surface area (Å²) in [5.41, 5.74) is 1.90. The van der Waals surface area contributed by atoms with Crippen LogP contribution in [0.3, 0.4) is 0 Å². The molecule has 3 rings (SSSR count). The molecule has 0 spiro atoms. The first kappa shape index (κ1) is 15.7. The van der Waals surface area contributed by atoms with E-state index in [2.05, 4.69) is 26.7 Å². The Hall–Kier alpha value is -2.17. The maximum atomic E-state index is 13.9. The Morgan fingerprint density at radius 1 is 1.09 bits per heavy atom. The number of aromatic nitrogens is 2. The Bertz CT molecular complexity index is 666. The fraction of sp³-hybridized carbons (Fsp3) is 0.444. The summed E-state index contributed by atoms with van der Waals surface area (Å²) < 4.78 is 13.9. The van der Waals surface area contributed by atoms with Gasteiger partial charge in [0.1, 0.15) is 17.5 Å². The van der Waals surface area contributed by atoms with E-state index in [1.54, 1.807) is 6.07 Å². The second kappa shape index (κ2) is 6.94. The number of hydrogen-bond donors (Lipinski definition) is 0. The Morgan fingerprint density at radius 3 is 2.48 bits per heavy atom. The molecule has 1 fully saturated rings. The highest BCUT2D eigenvalue weighted by Crippen LogP contribution is 2.24. The van der Waals surface area contributed by atoms with E-state index in [4.69, 9.17) is 0 Å². The molecule has 0 aliphatic carbocycles. The number of benzene rings is 1. The molecule has 1 aliphatic rings. The molecule has 1 aliphatic heterocycles. The molecule has 5 heteroatoms. The normalized spacial score (nSPS) is 15.1. The van der Waals surface area contributed by atoms with Crippen LogP contribution in [0.5, 0.6) is 0 Å². The van der Waals surface area contributed by atoms with Crippen LogP contribution in [-0.2, 0) is 6.42 Å². The van der Waals surface area contributed by atoms with Crippen LogP contribution in [0.15, 0.2) is 30.5 Å². The Balaban J connectivity index is 1.74. The van der Waals surface area contributed by atoms with Gasteiger partial charge in [-0.25, -0.2) is 14.4 Å². The standard InChI is InChI=1S/C18H23FN4/c1-3-6-15-13-20-14(2)21-18(15)23-11-9-22(10-12-23)17-8-5-4-7-16(17)19/h4-5,7-8,13H,3,6,9-12H2,1-2H3. The summed E-state index contributed by atoms with van der Waals surface area (Å²) in [6.45, 7) is 7.39. The molecule has 2 heterocycles. The Morgan fingerprint density at radius 2 is 1.78 bits per heavy atom. The molecule has 122 valence electrons. The van der Waals surface area contributed by atoms with E-state index in [9.17, 15) is 4.39 Å². The second-order valence-corrected chi connectivity index (χ2v) is 5.94. The van der Waals surface area contributed by atoms with Crippen molar-refractivity contribution in [1.29, 1.82) is 0 Å². The zero-order valence-corrected chi connectivity index (χ0v) is 13.8. The lowest BCUT2D eigenvalue weighted by atomic mass is 10.1. The van der Waals surface area contributed by atoms with Crippen molar-refractivity contribution in [3.05, 3.63) is 47.7 Å². The topological polar surface area (TPSA) is 32.3 Å². The van der Waals surface area contributed by atoms with Crippen molar-refractivity contribution >= 4 is 11.5 Å². The number of hydrogen-bond acceptors (Lipinski definition) is 4. The summed E-state index contributed by atoms with van der Waals surface area (Å²) in [7, 11) is 0. The summed E-state index contributed by atoms with van der Waals surface area (Å²) in [6.07, 6.45) is 4.02. The first-order valence-electron chi connectivity index (χ1n) is 8.26. The lowest BCUT2D eigenvalue weighted by Crippen LogP contribution is -2.47. The average molecular weight is 314 g/mol. The zero-order valence-electron chi connectivity index (χ0n) is 13.8. The van der Waals surface area contributed by atoms with E-state index in [0.717, 1.165) is 50.7 Å². The number of rotatable bonds is 4. The molecule has 0 radical (unpaired) electrons. The second-order valence-electron chi connectivity index (χ2n) is 5.94. The van der Waals surface area contributed by atoms with Gasteiger partial charge < -0.3 is 9.80 Å². The molecule has 2 aromatic rings. The van der Waals surface area contributed by atoms with Gasteiger partial charge in [0.2, 0.25) is 0 Å². The van der Waals surface area contributed by atoms with Crippen LogP contribution in [0.25, 0.3) is 0 Å². The van der Waals surface area contributed by atoms with Gasteiger partial charge in [-0.05, 0) is 25.5 Å². The zero-order chi connectivity index (χ0) is 16.2. The number of halogens is 1. The fourth-order valence-corrected chi connectivity index (χ4v) is 3.07. The molecule has 0 bridgehead atoms. The molecule has 0 saturated carbocycles. The third kappa shape index (κ3) is 3.44. The van der Waals surface area contributed by atoms with Crippen LogP contribution in [0.4, 0.5) is 15.9 Å². The van der Waals surface area contributed by atoms with Crippen molar-refractivity contribution in [2.45, 2.75) is 26.7 Å². The van der Waals surface area contributed by atoms with E-state index in [-0.39, 0.29) is 5.82 Å². The predicted octanol–water partition coefficient (Wildman–Crippen LogP) is 3.20. The number of para-hydroxylation sites is 1. The van der Waals surface area contributed by atoms with Crippen molar-refractivity contribution in [2.24, 2.45) is 0 Å². The first-order chi connectivity index (χ1) is 11.2. The molecule has 1 aromatic carbocycles. The third-order valence-electron chi connectivity index (χ3n) is 4.25. The van der Waals surface area contributed by atoms with Crippen LogP contribution in [-0.4, -0.2) is 36.1 Å². The number of nitrogens with zero attached hydrogens (tertiary/aromatic N) is 4. The molecule has 0 amide bonds. The van der Waals surface area contributed by atoms with Gasteiger partial charge in [-0.3, -0.25) is 0 Å². The van der Waals surface area contributed by atoms with E-state index in [1.165, 1.54) is 11.6 Å². The molecular weight excluding hydrogens is 291 g/mol. The van der Waals surface area contributed by atoms with Gasteiger partial charge in [-0.2, -0.15) is 0 Å². The van der Waals surface area contributed by atoms with Crippen LogP contribution in [0.1, 0.15) is 24.7 Å². The summed E-state index contributed by atoms with van der Waals surface area (Å²) in [4.78, 5) is 13.4. The Kier molecular flexibility index (Phi) is 4.74. The molecule has 4 nitrogen and oxygen atoms in total. The lowest BCUT2D eigenvalue weighted by molar-refractivity contribution is 0.594. The average Bonchev–Trinajstić information content (AvgIpc) is 2.57. The van der Waals surface area contributed by atoms with Crippen LogP contribution < -0.4 is 9.80 Å². The molecule has 0 N–H and O–H groups in total. The van der Waals surface area contributed by atoms with Gasteiger partial charge in [0.05, 0.1) is 5.69 Å².